The molecule has 0 aliphatic carbocycles. The quantitative estimate of drug-likeness (QED) is 0.559. The van der Waals surface area contributed by atoms with E-state index in [1.165, 1.54) is 25.2 Å². The van der Waals surface area contributed by atoms with Gasteiger partial charge in [0, 0.05) is 13.2 Å². The van der Waals surface area contributed by atoms with E-state index in [1.807, 2.05) is 0 Å². The first-order valence-electron chi connectivity index (χ1n) is 6.43. The van der Waals surface area contributed by atoms with Crippen molar-refractivity contribution in [1.29, 1.82) is 5.41 Å². The molecule has 1 aromatic heterocycles. The monoisotopic (exact) mass is 303 g/mol. The fraction of sp³-hybridized carbons (Fsp3) is 0.214. The number of aromatic nitrogens is 2. The predicted octanol–water partition coefficient (Wildman–Crippen LogP) is 0.956. The van der Waals surface area contributed by atoms with Crippen molar-refractivity contribution in [3.63, 3.8) is 0 Å². The van der Waals surface area contributed by atoms with Crippen LogP contribution in [0.3, 0.4) is 0 Å². The van der Waals surface area contributed by atoms with Crippen LogP contribution in [0.25, 0.3) is 0 Å². The summed E-state index contributed by atoms with van der Waals surface area (Å²) >= 11 is 0. The molecular formula is C14H17N5O3. The van der Waals surface area contributed by atoms with Crippen LogP contribution in [0.2, 0.25) is 0 Å². The number of hydrogen-bond acceptors (Lipinski definition) is 5. The predicted molar refractivity (Wildman–Crippen MR) is 82.6 cm³/mol. The number of aromatic amines is 1. The van der Waals surface area contributed by atoms with E-state index in [0.29, 0.717) is 17.1 Å². The minimum Gasteiger partial charge on any atom is -0.495 e. The second-order valence-electron chi connectivity index (χ2n) is 4.39. The van der Waals surface area contributed by atoms with Crippen molar-refractivity contribution in [3.8, 4) is 5.75 Å². The Kier molecular flexibility index (Phi) is 4.74. The number of nitrogens with zero attached hydrogens (tertiary/aromatic N) is 2. The molecule has 22 heavy (non-hydrogen) atoms. The molecule has 0 saturated carbocycles. The molecular weight excluding hydrogens is 286 g/mol. The highest BCUT2D eigenvalue weighted by Crippen LogP contribution is 2.31. The molecule has 0 unspecified atom stereocenters. The maximum atomic E-state index is 11.8. The average Bonchev–Trinajstić information content (AvgIpc) is 2.47. The van der Waals surface area contributed by atoms with Crippen molar-refractivity contribution >= 4 is 17.6 Å². The summed E-state index contributed by atoms with van der Waals surface area (Å²) in [6, 6.07) is 8.32. The second-order valence-corrected chi connectivity index (χ2v) is 4.39. The highest BCUT2D eigenvalue weighted by Gasteiger charge is 2.19. The maximum absolute atomic E-state index is 11.8. The zero-order valence-corrected chi connectivity index (χ0v) is 12.3. The lowest BCUT2D eigenvalue weighted by Crippen LogP contribution is -2.35. The zero-order chi connectivity index (χ0) is 16.1. The van der Waals surface area contributed by atoms with E-state index in [1.54, 1.807) is 24.3 Å². The number of nitrogens with one attached hydrogen (secondary N) is 2. The van der Waals surface area contributed by atoms with Crippen LogP contribution >= 0.6 is 0 Å². The van der Waals surface area contributed by atoms with E-state index in [4.69, 9.17) is 20.6 Å². The topological polar surface area (TPSA) is 117 Å². The lowest BCUT2D eigenvalue weighted by molar-refractivity contribution is 0.181. The van der Waals surface area contributed by atoms with Gasteiger partial charge in [-0.05, 0) is 12.1 Å². The van der Waals surface area contributed by atoms with Gasteiger partial charge < -0.3 is 15.2 Å². The minimum absolute atomic E-state index is 0.122. The maximum Gasteiger partial charge on any atom is 0.252 e. The van der Waals surface area contributed by atoms with Gasteiger partial charge in [-0.3, -0.25) is 15.2 Å². The molecule has 2 rings (SSSR count). The molecule has 0 fully saturated rings. The summed E-state index contributed by atoms with van der Waals surface area (Å²) in [5.74, 6) is 0.316. The van der Waals surface area contributed by atoms with Gasteiger partial charge in [0.15, 0.2) is 5.96 Å². The first kappa shape index (κ1) is 15.5. The molecule has 0 radical (unpaired) electrons. The normalized spacial score (nSPS) is 10.3. The first-order valence-corrected chi connectivity index (χ1v) is 6.43. The van der Waals surface area contributed by atoms with Gasteiger partial charge in [-0.1, -0.05) is 12.1 Å². The highest BCUT2D eigenvalue weighted by molar-refractivity contribution is 5.99. The van der Waals surface area contributed by atoms with Crippen LogP contribution in [0.5, 0.6) is 5.75 Å². The lowest BCUT2D eigenvalue weighted by Gasteiger charge is -2.23. The highest BCUT2D eigenvalue weighted by atomic mass is 16.5. The van der Waals surface area contributed by atoms with Crippen molar-refractivity contribution in [2.75, 3.05) is 19.1 Å². The third-order valence-electron chi connectivity index (χ3n) is 2.85. The molecule has 0 bridgehead atoms. The van der Waals surface area contributed by atoms with Gasteiger partial charge in [-0.15, -0.1) is 0 Å². The van der Waals surface area contributed by atoms with Crippen LogP contribution < -0.4 is 20.9 Å². The van der Waals surface area contributed by atoms with E-state index in [0.717, 1.165) is 0 Å². The van der Waals surface area contributed by atoms with Gasteiger partial charge in [0.25, 0.3) is 5.56 Å². The summed E-state index contributed by atoms with van der Waals surface area (Å²) in [6.07, 6.45) is 0. The van der Waals surface area contributed by atoms with E-state index in [9.17, 15) is 4.79 Å². The van der Waals surface area contributed by atoms with Crippen molar-refractivity contribution < 1.29 is 9.47 Å². The van der Waals surface area contributed by atoms with Crippen LogP contribution in [0.15, 0.2) is 35.1 Å². The molecule has 0 atom stereocenters. The molecule has 1 heterocycles. The fourth-order valence-electron chi connectivity index (χ4n) is 1.99. The molecule has 1 aromatic carbocycles. The van der Waals surface area contributed by atoms with Crippen LogP contribution in [0.4, 0.5) is 11.6 Å². The Hall–Kier alpha value is -2.87. The van der Waals surface area contributed by atoms with E-state index >= 15 is 0 Å². The van der Waals surface area contributed by atoms with Gasteiger partial charge in [-0.2, -0.15) is 0 Å². The molecule has 0 aliphatic rings. The Labute approximate surface area is 127 Å². The van der Waals surface area contributed by atoms with Crippen LogP contribution in [0, 0.1) is 5.41 Å². The summed E-state index contributed by atoms with van der Waals surface area (Å²) in [4.78, 5) is 19.9. The third kappa shape index (κ3) is 3.23. The lowest BCUT2D eigenvalue weighted by atomic mass is 10.2. The van der Waals surface area contributed by atoms with Crippen LogP contribution in [-0.2, 0) is 11.3 Å². The van der Waals surface area contributed by atoms with Crippen molar-refractivity contribution in [1.82, 2.24) is 9.97 Å². The largest absolute Gasteiger partial charge is 0.495 e. The number of nitrogens with two attached hydrogens (primary N) is 1. The zero-order valence-electron chi connectivity index (χ0n) is 12.3. The summed E-state index contributed by atoms with van der Waals surface area (Å²) < 4.78 is 10.3. The van der Waals surface area contributed by atoms with Crippen molar-refractivity contribution in [3.05, 3.63) is 46.4 Å². The van der Waals surface area contributed by atoms with E-state index in [2.05, 4.69) is 9.97 Å². The van der Waals surface area contributed by atoms with Gasteiger partial charge in [0.05, 0.1) is 25.1 Å². The number of para-hydroxylation sites is 2. The number of hydrogen-bond donors (Lipinski definition) is 3. The number of ether oxygens (including phenoxy) is 2. The number of rotatable bonds is 5. The molecule has 8 heteroatoms. The van der Waals surface area contributed by atoms with Gasteiger partial charge >= 0.3 is 0 Å². The Morgan fingerprint density at radius 3 is 2.77 bits per heavy atom. The Balaban J connectivity index is 2.58. The third-order valence-corrected chi connectivity index (χ3v) is 2.85. The van der Waals surface area contributed by atoms with Crippen molar-refractivity contribution in [2.24, 2.45) is 5.73 Å². The second kappa shape index (κ2) is 6.72. The molecule has 0 amide bonds. The number of H-pyrrole nitrogens is 1. The molecule has 0 saturated heterocycles. The minimum atomic E-state index is -0.363. The summed E-state index contributed by atoms with van der Waals surface area (Å²) in [7, 11) is 3.01. The van der Waals surface area contributed by atoms with Crippen molar-refractivity contribution in [2.45, 2.75) is 6.61 Å². The first-order chi connectivity index (χ1) is 10.6. The molecule has 0 spiro atoms. The van der Waals surface area contributed by atoms with E-state index in [-0.39, 0.29) is 24.1 Å². The number of guanidine groups is 1. The number of anilines is 2. The molecule has 8 nitrogen and oxygen atoms in total. The Morgan fingerprint density at radius 1 is 1.41 bits per heavy atom. The smallest absolute Gasteiger partial charge is 0.252 e. The SMILES string of the molecule is COCc1cc(=O)[nH]c(N(C(=N)N)c2ccccc2OC)n1. The van der Waals surface area contributed by atoms with Crippen LogP contribution in [0.1, 0.15) is 5.69 Å². The fourth-order valence-corrected chi connectivity index (χ4v) is 1.99. The Bertz CT molecular complexity index is 728. The van der Waals surface area contributed by atoms with E-state index < -0.39 is 0 Å². The summed E-state index contributed by atoms with van der Waals surface area (Å²) in [5, 5.41) is 7.80. The summed E-state index contributed by atoms with van der Waals surface area (Å²) in [5.41, 5.74) is 6.22. The van der Waals surface area contributed by atoms with Gasteiger partial charge in [-0.25, -0.2) is 9.88 Å². The van der Waals surface area contributed by atoms with Crippen LogP contribution in [-0.4, -0.2) is 30.1 Å². The molecule has 0 aliphatic heterocycles. The summed E-state index contributed by atoms with van der Waals surface area (Å²) in [6.45, 7) is 0.175. The molecule has 2 aromatic rings. The average molecular weight is 303 g/mol. The van der Waals surface area contributed by atoms with Gasteiger partial charge in [0.1, 0.15) is 5.75 Å². The van der Waals surface area contributed by atoms with Gasteiger partial charge in [0.2, 0.25) is 5.95 Å². The molecule has 4 N–H and O–H groups in total. The Morgan fingerprint density at radius 2 is 2.14 bits per heavy atom. The molecule has 116 valence electrons. The number of methoxy groups -OCH3 is 2. The standard InChI is InChI=1S/C14H17N5O3/c1-21-8-9-7-12(20)18-14(17-9)19(13(15)16)10-5-3-4-6-11(10)22-2/h3-7H,8H2,1-2H3,(H3,15,16)(H,17,18,20). The number of benzene rings is 1.